The lowest BCUT2D eigenvalue weighted by Gasteiger charge is -2.24. The molecule has 7 nitrogen and oxygen atoms in total. The normalized spacial score (nSPS) is 15.1. The fraction of sp³-hybridized carbons (Fsp3) is 0.448. The number of nitriles is 1. The van der Waals surface area contributed by atoms with Gasteiger partial charge in [0.15, 0.2) is 0 Å². The lowest BCUT2D eigenvalue weighted by atomic mass is 9.88. The van der Waals surface area contributed by atoms with Gasteiger partial charge in [0.25, 0.3) is 0 Å². The molecular formula is C29H33F3N4O3. The quantitative estimate of drug-likeness (QED) is 0.269. The first-order chi connectivity index (χ1) is 18.7. The van der Waals surface area contributed by atoms with Crippen LogP contribution in [0.15, 0.2) is 48.7 Å². The zero-order valence-corrected chi connectivity index (χ0v) is 21.7. The molecule has 1 aliphatic carbocycles. The van der Waals surface area contributed by atoms with Crippen LogP contribution in [-0.4, -0.2) is 36.7 Å². The number of carbonyl (C=O) groups is 1. The van der Waals surface area contributed by atoms with E-state index in [1.165, 1.54) is 18.6 Å². The zero-order valence-electron chi connectivity index (χ0n) is 21.7. The van der Waals surface area contributed by atoms with Crippen molar-refractivity contribution in [1.82, 2.24) is 9.88 Å². The van der Waals surface area contributed by atoms with E-state index in [1.54, 1.807) is 6.07 Å². The Morgan fingerprint density at radius 1 is 1.15 bits per heavy atom. The van der Waals surface area contributed by atoms with Gasteiger partial charge in [0.2, 0.25) is 0 Å². The van der Waals surface area contributed by atoms with Crippen molar-refractivity contribution in [1.29, 1.82) is 5.26 Å². The maximum Gasteiger partial charge on any atom is 0.573 e. The van der Waals surface area contributed by atoms with Crippen molar-refractivity contribution in [2.45, 2.75) is 63.3 Å². The second-order valence-electron chi connectivity index (χ2n) is 9.86. The standard InChI is InChI=1S/C29H33F3N4O3/c30-29(31,32)39-23-9-4-6-21(17-23)24(12-14-35-13-5-15-38-28(34)37)26-19-36(22-7-2-1-3-8-22)27-11-10-20(18-33)16-25(26)27/h4,6,9-11,16-17,19,22,24,35H,1-3,5,7-8,12-15H2,(H2,34,37). The van der Waals surface area contributed by atoms with Gasteiger partial charge in [-0.05, 0) is 80.2 Å². The van der Waals surface area contributed by atoms with Crippen LogP contribution >= 0.6 is 0 Å². The molecule has 1 heterocycles. The molecule has 3 aromatic rings. The summed E-state index contributed by atoms with van der Waals surface area (Å²) < 4.78 is 50.3. The number of aromatic nitrogens is 1. The fourth-order valence-electron chi connectivity index (χ4n) is 5.46. The first-order valence-electron chi connectivity index (χ1n) is 13.3. The van der Waals surface area contributed by atoms with Crippen LogP contribution in [0.4, 0.5) is 18.0 Å². The summed E-state index contributed by atoms with van der Waals surface area (Å²) in [5.74, 6) is -0.521. The maximum absolute atomic E-state index is 13.0. The Morgan fingerprint density at radius 2 is 1.95 bits per heavy atom. The second-order valence-corrected chi connectivity index (χ2v) is 9.86. The molecule has 0 spiro atoms. The predicted octanol–water partition coefficient (Wildman–Crippen LogP) is 6.51. The average molecular weight is 543 g/mol. The molecule has 1 amide bonds. The number of nitrogens with zero attached hydrogens (tertiary/aromatic N) is 2. The topological polar surface area (TPSA) is 102 Å². The minimum atomic E-state index is -4.79. The van der Waals surface area contributed by atoms with Gasteiger partial charge in [0.05, 0.1) is 18.2 Å². The number of hydrogen-bond acceptors (Lipinski definition) is 5. The Morgan fingerprint density at radius 3 is 2.67 bits per heavy atom. The summed E-state index contributed by atoms with van der Waals surface area (Å²) in [5.41, 5.74) is 8.21. The number of fused-ring (bicyclic) bond motifs is 1. The summed E-state index contributed by atoms with van der Waals surface area (Å²) in [6, 6.07) is 14.3. The minimum absolute atomic E-state index is 0.203. The lowest BCUT2D eigenvalue weighted by Crippen LogP contribution is -2.22. The van der Waals surface area contributed by atoms with Crippen LogP contribution in [0.5, 0.6) is 5.75 Å². The van der Waals surface area contributed by atoms with Gasteiger partial charge in [-0.3, -0.25) is 0 Å². The SMILES string of the molecule is N#Cc1ccc2c(c1)c(C(CCNCCCOC(N)=O)c1cccc(OC(F)(F)F)c1)cn2C1CCCCC1. The molecule has 1 aromatic heterocycles. The number of alkyl halides is 3. The molecule has 0 bridgehead atoms. The van der Waals surface area contributed by atoms with E-state index < -0.39 is 12.5 Å². The maximum atomic E-state index is 13.0. The molecule has 0 aliphatic heterocycles. The van der Waals surface area contributed by atoms with Crippen LogP contribution in [-0.2, 0) is 4.74 Å². The van der Waals surface area contributed by atoms with Gasteiger partial charge >= 0.3 is 12.5 Å². The third kappa shape index (κ3) is 7.67. The van der Waals surface area contributed by atoms with Crippen molar-refractivity contribution in [3.8, 4) is 11.8 Å². The Bertz CT molecular complexity index is 1310. The second kappa shape index (κ2) is 12.9. The molecule has 1 aliphatic rings. The monoisotopic (exact) mass is 542 g/mol. The van der Waals surface area contributed by atoms with Crippen molar-refractivity contribution in [2.24, 2.45) is 5.73 Å². The summed E-state index contributed by atoms with van der Waals surface area (Å²) in [7, 11) is 0. The number of halogens is 3. The summed E-state index contributed by atoms with van der Waals surface area (Å²) in [4.78, 5) is 10.8. The van der Waals surface area contributed by atoms with Gasteiger partial charge in [0.1, 0.15) is 5.75 Å². The fourth-order valence-corrected chi connectivity index (χ4v) is 5.46. The summed E-state index contributed by atoms with van der Waals surface area (Å²) in [6.45, 7) is 1.35. The molecule has 208 valence electrons. The van der Waals surface area contributed by atoms with Gasteiger partial charge in [-0.25, -0.2) is 4.79 Å². The minimum Gasteiger partial charge on any atom is -0.450 e. The average Bonchev–Trinajstić information content (AvgIpc) is 3.28. The highest BCUT2D eigenvalue weighted by Gasteiger charge is 2.31. The van der Waals surface area contributed by atoms with Crippen molar-refractivity contribution in [3.05, 3.63) is 65.4 Å². The Balaban J connectivity index is 1.68. The molecule has 39 heavy (non-hydrogen) atoms. The van der Waals surface area contributed by atoms with E-state index in [9.17, 15) is 23.2 Å². The number of amides is 1. The number of hydrogen-bond donors (Lipinski definition) is 2. The first kappa shape index (κ1) is 28.3. The van der Waals surface area contributed by atoms with Gasteiger partial charge in [-0.2, -0.15) is 5.26 Å². The molecule has 1 fully saturated rings. The number of nitrogens with one attached hydrogen (secondary N) is 1. The van der Waals surface area contributed by atoms with Gasteiger partial charge < -0.3 is 25.1 Å². The third-order valence-electron chi connectivity index (χ3n) is 7.18. The number of ether oxygens (including phenoxy) is 2. The number of benzene rings is 2. The summed E-state index contributed by atoms with van der Waals surface area (Å²) >= 11 is 0. The van der Waals surface area contributed by atoms with Crippen LogP contribution in [0.3, 0.4) is 0 Å². The van der Waals surface area contributed by atoms with E-state index in [2.05, 4.69) is 26.9 Å². The molecular weight excluding hydrogens is 509 g/mol. The van der Waals surface area contributed by atoms with Gasteiger partial charge in [-0.15, -0.1) is 13.2 Å². The highest BCUT2D eigenvalue weighted by atomic mass is 19.4. The smallest absolute Gasteiger partial charge is 0.450 e. The van der Waals surface area contributed by atoms with Crippen molar-refractivity contribution in [2.75, 3.05) is 19.7 Å². The van der Waals surface area contributed by atoms with Crippen molar-refractivity contribution >= 4 is 17.0 Å². The lowest BCUT2D eigenvalue weighted by molar-refractivity contribution is -0.274. The largest absolute Gasteiger partial charge is 0.573 e. The Kier molecular flexibility index (Phi) is 9.36. The molecule has 4 rings (SSSR count). The Labute approximate surface area is 225 Å². The number of nitrogens with two attached hydrogens (primary N) is 1. The predicted molar refractivity (Wildman–Crippen MR) is 141 cm³/mol. The molecule has 1 unspecified atom stereocenters. The van der Waals surface area contributed by atoms with Crippen LogP contribution in [0.25, 0.3) is 10.9 Å². The van der Waals surface area contributed by atoms with E-state index in [0.717, 1.165) is 42.1 Å². The summed E-state index contributed by atoms with van der Waals surface area (Å²) in [6.07, 6.45) is 3.34. The van der Waals surface area contributed by atoms with Crippen LogP contribution in [0.1, 0.15) is 73.6 Å². The van der Waals surface area contributed by atoms with E-state index in [4.69, 9.17) is 10.5 Å². The van der Waals surface area contributed by atoms with Gasteiger partial charge in [-0.1, -0.05) is 31.4 Å². The molecule has 10 heteroatoms. The molecule has 3 N–H and O–H groups in total. The Hall–Kier alpha value is -3.71. The van der Waals surface area contributed by atoms with Crippen molar-refractivity contribution < 1.29 is 27.4 Å². The van der Waals surface area contributed by atoms with Crippen molar-refractivity contribution in [3.63, 3.8) is 0 Å². The van der Waals surface area contributed by atoms with E-state index in [-0.39, 0.29) is 18.3 Å². The molecule has 2 aromatic carbocycles. The van der Waals surface area contributed by atoms with Gasteiger partial charge in [0, 0.05) is 29.1 Å². The van der Waals surface area contributed by atoms with Crippen LogP contribution in [0, 0.1) is 11.3 Å². The van der Waals surface area contributed by atoms with Crippen LogP contribution < -0.4 is 15.8 Å². The van der Waals surface area contributed by atoms with E-state index in [1.807, 2.05) is 24.3 Å². The third-order valence-corrected chi connectivity index (χ3v) is 7.18. The van der Waals surface area contributed by atoms with Crippen LogP contribution in [0.2, 0.25) is 0 Å². The highest BCUT2D eigenvalue weighted by Crippen LogP contribution is 2.40. The molecule has 1 atom stereocenters. The first-order valence-corrected chi connectivity index (χ1v) is 13.3. The summed E-state index contributed by atoms with van der Waals surface area (Å²) in [5, 5.41) is 13.8. The number of primary amides is 1. The van der Waals surface area contributed by atoms with E-state index in [0.29, 0.717) is 43.1 Å². The number of carbonyl (C=O) groups excluding carboxylic acids is 1. The molecule has 0 radical (unpaired) electrons. The zero-order chi connectivity index (χ0) is 27.8. The van der Waals surface area contributed by atoms with E-state index >= 15 is 0 Å². The highest BCUT2D eigenvalue weighted by molar-refractivity contribution is 5.86. The molecule has 0 saturated heterocycles. The molecule has 1 saturated carbocycles. The number of rotatable bonds is 11.